The van der Waals surface area contributed by atoms with E-state index in [0.29, 0.717) is 6.54 Å². The molecule has 3 saturated heterocycles. The molecule has 3 aliphatic heterocycles. The number of nitrogens with zero attached hydrogens (tertiary/aromatic N) is 2. The van der Waals surface area contributed by atoms with Gasteiger partial charge in [0.05, 0.1) is 6.26 Å². The van der Waals surface area contributed by atoms with E-state index in [1.165, 1.54) is 0 Å². The van der Waals surface area contributed by atoms with Gasteiger partial charge in [0, 0.05) is 12.5 Å². The molecule has 6 heteroatoms. The fourth-order valence-electron chi connectivity index (χ4n) is 2.53. The molecule has 0 saturated carbocycles. The second-order valence-electron chi connectivity index (χ2n) is 4.34. The molecule has 84 valence electrons. The van der Waals surface area contributed by atoms with Crippen LogP contribution in [0.2, 0.25) is 0 Å². The minimum atomic E-state index is -3.57. The van der Waals surface area contributed by atoms with Gasteiger partial charge in [-0.3, -0.25) is 4.90 Å². The van der Waals surface area contributed by atoms with E-state index in [2.05, 4.69) is 11.0 Å². The molecule has 2 bridgehead atoms. The van der Waals surface area contributed by atoms with Crippen molar-refractivity contribution in [1.29, 1.82) is 5.26 Å². The van der Waals surface area contributed by atoms with Crippen LogP contribution in [0.1, 0.15) is 12.8 Å². The summed E-state index contributed by atoms with van der Waals surface area (Å²) in [6, 6.07) is 2.06. The van der Waals surface area contributed by atoms with Gasteiger partial charge in [0.25, 0.3) is 10.1 Å². The average molecular weight is 230 g/mol. The molecule has 15 heavy (non-hydrogen) atoms. The normalized spacial score (nSPS) is 40.0. The van der Waals surface area contributed by atoms with Gasteiger partial charge >= 0.3 is 0 Å². The Kier molecular flexibility index (Phi) is 2.49. The van der Waals surface area contributed by atoms with Crippen LogP contribution in [0, 0.1) is 17.2 Å². The molecule has 0 aromatic heterocycles. The van der Waals surface area contributed by atoms with Gasteiger partial charge in [-0.25, -0.2) is 4.18 Å². The highest BCUT2D eigenvalue weighted by Crippen LogP contribution is 2.38. The number of hydrogen-bond donors (Lipinski definition) is 0. The monoisotopic (exact) mass is 230 g/mol. The SMILES string of the molecule is CS(=O)(=O)OC1(C#N)CN2CCC1CC2. The van der Waals surface area contributed by atoms with Gasteiger partial charge < -0.3 is 0 Å². The maximum absolute atomic E-state index is 11.1. The summed E-state index contributed by atoms with van der Waals surface area (Å²) in [5.74, 6) is 0.0576. The van der Waals surface area contributed by atoms with Crippen molar-refractivity contribution in [2.24, 2.45) is 5.92 Å². The van der Waals surface area contributed by atoms with Crippen LogP contribution in [0.5, 0.6) is 0 Å². The molecule has 3 rings (SSSR count). The molecule has 0 aromatic rings. The molecule has 3 aliphatic rings. The standard InChI is InChI=1S/C9H14N2O3S/c1-15(12,13)14-9(6-10)7-11-4-2-8(9)3-5-11/h8H,2-5,7H2,1H3. The van der Waals surface area contributed by atoms with Gasteiger partial charge in [-0.1, -0.05) is 0 Å². The molecular weight excluding hydrogens is 216 g/mol. The summed E-state index contributed by atoms with van der Waals surface area (Å²) in [4.78, 5) is 2.09. The lowest BCUT2D eigenvalue weighted by Crippen LogP contribution is -2.60. The number of fused-ring (bicyclic) bond motifs is 3. The molecule has 0 amide bonds. The van der Waals surface area contributed by atoms with Crippen LogP contribution in [-0.2, 0) is 14.3 Å². The predicted octanol–water partition coefficient (Wildman–Crippen LogP) is -0.0494. The van der Waals surface area contributed by atoms with Crippen molar-refractivity contribution in [2.45, 2.75) is 18.4 Å². The van der Waals surface area contributed by atoms with Crippen LogP contribution in [-0.4, -0.2) is 44.8 Å². The zero-order valence-corrected chi connectivity index (χ0v) is 9.46. The first-order valence-electron chi connectivity index (χ1n) is 4.99. The molecule has 3 fully saturated rings. The topological polar surface area (TPSA) is 70.4 Å². The fraction of sp³-hybridized carbons (Fsp3) is 0.889. The van der Waals surface area contributed by atoms with E-state index in [0.717, 1.165) is 32.2 Å². The Bertz CT molecular complexity index is 392. The molecule has 0 N–H and O–H groups in total. The Balaban J connectivity index is 2.27. The first kappa shape index (κ1) is 10.9. The summed E-state index contributed by atoms with van der Waals surface area (Å²) in [7, 11) is -3.57. The summed E-state index contributed by atoms with van der Waals surface area (Å²) < 4.78 is 27.3. The van der Waals surface area contributed by atoms with E-state index >= 15 is 0 Å². The third-order valence-corrected chi connectivity index (χ3v) is 3.80. The fourth-order valence-corrected chi connectivity index (χ4v) is 3.29. The van der Waals surface area contributed by atoms with Crippen molar-refractivity contribution in [1.82, 2.24) is 4.90 Å². The minimum Gasteiger partial charge on any atom is -0.299 e. The van der Waals surface area contributed by atoms with Crippen molar-refractivity contribution in [3.05, 3.63) is 0 Å². The van der Waals surface area contributed by atoms with E-state index in [1.54, 1.807) is 0 Å². The number of nitriles is 1. The third kappa shape index (κ3) is 2.00. The zero-order chi connectivity index (χ0) is 11.1. The van der Waals surface area contributed by atoms with E-state index in [9.17, 15) is 8.42 Å². The van der Waals surface area contributed by atoms with Crippen molar-refractivity contribution < 1.29 is 12.6 Å². The summed E-state index contributed by atoms with van der Waals surface area (Å²) in [6.45, 7) is 2.31. The molecule has 0 aromatic carbocycles. The van der Waals surface area contributed by atoms with Gasteiger partial charge in [-0.15, -0.1) is 0 Å². The molecule has 1 unspecified atom stereocenters. The van der Waals surface area contributed by atoms with Gasteiger partial charge in [0.1, 0.15) is 6.07 Å². The Morgan fingerprint density at radius 2 is 2.07 bits per heavy atom. The van der Waals surface area contributed by atoms with Crippen LogP contribution in [0.3, 0.4) is 0 Å². The number of piperidine rings is 3. The van der Waals surface area contributed by atoms with E-state index < -0.39 is 15.7 Å². The highest BCUT2D eigenvalue weighted by atomic mass is 32.2. The summed E-state index contributed by atoms with van der Waals surface area (Å²) in [6.07, 6.45) is 2.70. The van der Waals surface area contributed by atoms with Gasteiger partial charge in [-0.05, 0) is 25.9 Å². The second kappa shape index (κ2) is 3.44. The van der Waals surface area contributed by atoms with E-state index in [4.69, 9.17) is 9.44 Å². The summed E-state index contributed by atoms with van der Waals surface area (Å²) >= 11 is 0. The molecule has 0 aliphatic carbocycles. The molecular formula is C9H14N2O3S. The Morgan fingerprint density at radius 1 is 1.47 bits per heavy atom. The Labute approximate surface area is 89.7 Å². The van der Waals surface area contributed by atoms with E-state index in [1.807, 2.05) is 0 Å². The van der Waals surface area contributed by atoms with Crippen molar-refractivity contribution >= 4 is 10.1 Å². The molecule has 0 spiro atoms. The first-order chi connectivity index (χ1) is 6.95. The largest absolute Gasteiger partial charge is 0.299 e. The quantitative estimate of drug-likeness (QED) is 0.622. The second-order valence-corrected chi connectivity index (χ2v) is 5.91. The molecule has 5 nitrogen and oxygen atoms in total. The Morgan fingerprint density at radius 3 is 2.40 bits per heavy atom. The predicted molar refractivity (Wildman–Crippen MR) is 53.4 cm³/mol. The van der Waals surface area contributed by atoms with Crippen LogP contribution < -0.4 is 0 Å². The first-order valence-corrected chi connectivity index (χ1v) is 6.81. The summed E-state index contributed by atoms with van der Waals surface area (Å²) in [5, 5.41) is 9.16. The van der Waals surface area contributed by atoms with Gasteiger partial charge in [0.2, 0.25) is 0 Å². The van der Waals surface area contributed by atoms with Crippen molar-refractivity contribution in [3.8, 4) is 6.07 Å². The lowest BCUT2D eigenvalue weighted by Gasteiger charge is -2.48. The zero-order valence-electron chi connectivity index (χ0n) is 8.64. The number of rotatable bonds is 2. The third-order valence-electron chi connectivity index (χ3n) is 3.19. The maximum atomic E-state index is 11.1. The highest BCUT2D eigenvalue weighted by Gasteiger charge is 2.50. The lowest BCUT2D eigenvalue weighted by atomic mass is 9.76. The van der Waals surface area contributed by atoms with Crippen LogP contribution in [0.15, 0.2) is 0 Å². The highest BCUT2D eigenvalue weighted by molar-refractivity contribution is 7.86. The molecule has 1 atom stereocenters. The smallest absolute Gasteiger partial charge is 0.265 e. The Hall–Kier alpha value is -0.640. The van der Waals surface area contributed by atoms with Crippen molar-refractivity contribution in [2.75, 3.05) is 25.9 Å². The van der Waals surface area contributed by atoms with Gasteiger partial charge in [-0.2, -0.15) is 13.7 Å². The average Bonchev–Trinajstić information content (AvgIpc) is 2.17. The maximum Gasteiger partial charge on any atom is 0.265 e. The van der Waals surface area contributed by atoms with Crippen LogP contribution in [0.4, 0.5) is 0 Å². The number of hydrogen-bond acceptors (Lipinski definition) is 5. The summed E-state index contributed by atoms with van der Waals surface area (Å²) in [5.41, 5.74) is -1.13. The van der Waals surface area contributed by atoms with Crippen LogP contribution >= 0.6 is 0 Å². The van der Waals surface area contributed by atoms with Crippen molar-refractivity contribution in [3.63, 3.8) is 0 Å². The molecule has 0 radical (unpaired) electrons. The lowest BCUT2D eigenvalue weighted by molar-refractivity contribution is -0.0514. The minimum absolute atomic E-state index is 0.0576. The van der Waals surface area contributed by atoms with E-state index in [-0.39, 0.29) is 5.92 Å². The molecule has 3 heterocycles. The van der Waals surface area contributed by atoms with Crippen LogP contribution in [0.25, 0.3) is 0 Å². The van der Waals surface area contributed by atoms with Gasteiger partial charge in [0.15, 0.2) is 5.60 Å².